The minimum atomic E-state index is -0.0459. The van der Waals surface area contributed by atoms with Crippen molar-refractivity contribution in [1.29, 1.82) is 0 Å². The number of rotatable bonds is 5. The van der Waals surface area contributed by atoms with E-state index in [9.17, 15) is 9.59 Å². The predicted molar refractivity (Wildman–Crippen MR) is 82.9 cm³/mol. The van der Waals surface area contributed by atoms with Crippen LogP contribution in [0.15, 0.2) is 53.0 Å². The molecule has 0 unspecified atom stereocenters. The van der Waals surface area contributed by atoms with Gasteiger partial charge in [-0.25, -0.2) is 0 Å². The summed E-state index contributed by atoms with van der Waals surface area (Å²) in [7, 11) is 0. The van der Waals surface area contributed by atoms with Gasteiger partial charge in [0.2, 0.25) is 0 Å². The molecule has 0 radical (unpaired) electrons. The highest BCUT2D eigenvalue weighted by atomic mass is 79.9. The van der Waals surface area contributed by atoms with Crippen LogP contribution in [-0.2, 0) is 0 Å². The Hall–Kier alpha value is -1.94. The molecule has 0 spiro atoms. The minimum Gasteiger partial charge on any atom is -0.399 e. The second-order valence-electron chi connectivity index (χ2n) is 4.48. The van der Waals surface area contributed by atoms with E-state index in [1.54, 1.807) is 36.4 Å². The zero-order valence-electron chi connectivity index (χ0n) is 10.8. The molecule has 2 aromatic carbocycles. The minimum absolute atomic E-state index is 0.0266. The Morgan fingerprint density at radius 1 is 0.800 bits per heavy atom. The second-order valence-corrected chi connectivity index (χ2v) is 5.39. The third-order valence-corrected chi connectivity index (χ3v) is 3.51. The summed E-state index contributed by atoms with van der Waals surface area (Å²) in [5.41, 5.74) is 7.40. The first-order valence-electron chi connectivity index (χ1n) is 6.24. The van der Waals surface area contributed by atoms with Gasteiger partial charge in [-0.1, -0.05) is 28.1 Å². The van der Waals surface area contributed by atoms with E-state index in [4.69, 9.17) is 5.73 Å². The van der Waals surface area contributed by atoms with Crippen molar-refractivity contribution >= 4 is 33.2 Å². The van der Waals surface area contributed by atoms with Crippen molar-refractivity contribution in [2.75, 3.05) is 5.73 Å². The van der Waals surface area contributed by atoms with Crippen molar-refractivity contribution in [1.82, 2.24) is 0 Å². The summed E-state index contributed by atoms with van der Waals surface area (Å²) in [4.78, 5) is 23.9. The van der Waals surface area contributed by atoms with E-state index >= 15 is 0 Å². The zero-order valence-corrected chi connectivity index (χ0v) is 12.4. The van der Waals surface area contributed by atoms with Crippen LogP contribution in [0.4, 0.5) is 5.69 Å². The Kier molecular flexibility index (Phi) is 4.69. The molecule has 0 aromatic heterocycles. The van der Waals surface area contributed by atoms with E-state index in [1.807, 2.05) is 12.1 Å². The summed E-state index contributed by atoms with van der Waals surface area (Å²) < 4.78 is 0.923. The smallest absolute Gasteiger partial charge is 0.163 e. The van der Waals surface area contributed by atoms with Gasteiger partial charge in [0.05, 0.1) is 0 Å². The summed E-state index contributed by atoms with van der Waals surface area (Å²) in [6.45, 7) is 0. The largest absolute Gasteiger partial charge is 0.399 e. The number of anilines is 1. The highest BCUT2D eigenvalue weighted by molar-refractivity contribution is 9.10. The fourth-order valence-electron chi connectivity index (χ4n) is 1.82. The van der Waals surface area contributed by atoms with Crippen LogP contribution in [0.2, 0.25) is 0 Å². The third-order valence-electron chi connectivity index (χ3n) is 2.98. The summed E-state index contributed by atoms with van der Waals surface area (Å²) in [6, 6.07) is 13.9. The maximum absolute atomic E-state index is 12.0. The van der Waals surface area contributed by atoms with E-state index in [-0.39, 0.29) is 24.4 Å². The maximum atomic E-state index is 12.0. The number of nitrogen functional groups attached to an aromatic ring is 1. The monoisotopic (exact) mass is 331 g/mol. The first-order chi connectivity index (χ1) is 9.56. The normalized spacial score (nSPS) is 10.2. The number of carbonyl (C=O) groups is 2. The number of Topliss-reactive ketones (excluding diaryl/α,β-unsaturated/α-hetero) is 2. The van der Waals surface area contributed by atoms with E-state index in [0.29, 0.717) is 16.8 Å². The predicted octanol–water partition coefficient (Wildman–Crippen LogP) is 3.88. The Morgan fingerprint density at radius 3 is 1.65 bits per heavy atom. The molecule has 20 heavy (non-hydrogen) atoms. The van der Waals surface area contributed by atoms with E-state index < -0.39 is 0 Å². The molecule has 0 aliphatic carbocycles. The molecule has 2 aromatic rings. The molecule has 0 aliphatic heterocycles. The Labute approximate surface area is 125 Å². The number of benzene rings is 2. The highest BCUT2D eigenvalue weighted by Crippen LogP contribution is 2.14. The fraction of sp³-hybridized carbons (Fsp3) is 0.125. The van der Waals surface area contributed by atoms with Gasteiger partial charge in [-0.2, -0.15) is 0 Å². The molecule has 0 saturated heterocycles. The molecular weight excluding hydrogens is 318 g/mol. The average Bonchev–Trinajstić information content (AvgIpc) is 2.46. The molecular formula is C16H14BrNO2. The Morgan fingerprint density at radius 2 is 1.20 bits per heavy atom. The number of halogens is 1. The van der Waals surface area contributed by atoms with Crippen molar-refractivity contribution in [3.8, 4) is 0 Å². The first-order valence-corrected chi connectivity index (χ1v) is 7.03. The van der Waals surface area contributed by atoms with Crippen molar-refractivity contribution in [2.45, 2.75) is 12.8 Å². The van der Waals surface area contributed by atoms with E-state index in [1.165, 1.54) is 0 Å². The lowest BCUT2D eigenvalue weighted by Gasteiger charge is -2.02. The highest BCUT2D eigenvalue weighted by Gasteiger charge is 2.10. The van der Waals surface area contributed by atoms with Crippen LogP contribution in [0.1, 0.15) is 33.6 Å². The quantitative estimate of drug-likeness (QED) is 0.668. The summed E-state index contributed by atoms with van der Waals surface area (Å²) in [5, 5.41) is 0. The van der Waals surface area contributed by atoms with Crippen molar-refractivity contribution < 1.29 is 9.59 Å². The average molecular weight is 332 g/mol. The molecule has 0 bridgehead atoms. The van der Waals surface area contributed by atoms with Crippen LogP contribution < -0.4 is 5.73 Å². The number of nitrogens with two attached hydrogens (primary N) is 1. The van der Waals surface area contributed by atoms with Gasteiger partial charge in [0.15, 0.2) is 11.6 Å². The van der Waals surface area contributed by atoms with Gasteiger partial charge in [-0.05, 0) is 36.4 Å². The van der Waals surface area contributed by atoms with Gasteiger partial charge in [0, 0.05) is 34.1 Å². The lowest BCUT2D eigenvalue weighted by molar-refractivity contribution is 0.0917. The summed E-state index contributed by atoms with van der Waals surface area (Å²) >= 11 is 3.32. The number of hydrogen-bond donors (Lipinski definition) is 1. The molecule has 0 amide bonds. The van der Waals surface area contributed by atoms with Gasteiger partial charge < -0.3 is 5.73 Å². The fourth-order valence-corrected chi connectivity index (χ4v) is 2.08. The van der Waals surface area contributed by atoms with E-state index in [2.05, 4.69) is 15.9 Å². The topological polar surface area (TPSA) is 60.2 Å². The molecule has 0 heterocycles. The maximum Gasteiger partial charge on any atom is 0.163 e. The van der Waals surface area contributed by atoms with Gasteiger partial charge in [-0.15, -0.1) is 0 Å². The molecule has 0 aliphatic rings. The van der Waals surface area contributed by atoms with Gasteiger partial charge in [0.25, 0.3) is 0 Å². The molecule has 0 atom stereocenters. The van der Waals surface area contributed by atoms with Crippen LogP contribution in [0.5, 0.6) is 0 Å². The number of hydrogen-bond acceptors (Lipinski definition) is 3. The van der Waals surface area contributed by atoms with Crippen LogP contribution in [0.25, 0.3) is 0 Å². The van der Waals surface area contributed by atoms with Gasteiger partial charge in [0.1, 0.15) is 0 Å². The third kappa shape index (κ3) is 3.78. The molecule has 3 nitrogen and oxygen atoms in total. The zero-order chi connectivity index (χ0) is 14.5. The lowest BCUT2D eigenvalue weighted by atomic mass is 10.0. The SMILES string of the molecule is Nc1ccc(C(=O)CCC(=O)c2ccc(Br)cc2)cc1. The second kappa shape index (κ2) is 6.48. The molecule has 4 heteroatoms. The number of ketones is 2. The summed E-state index contributed by atoms with van der Waals surface area (Å²) in [6.07, 6.45) is 0.420. The van der Waals surface area contributed by atoms with Crippen molar-refractivity contribution in [2.24, 2.45) is 0 Å². The number of carbonyl (C=O) groups excluding carboxylic acids is 2. The molecule has 102 valence electrons. The van der Waals surface area contributed by atoms with Crippen LogP contribution in [0.3, 0.4) is 0 Å². The molecule has 0 fully saturated rings. The first kappa shape index (κ1) is 14.5. The van der Waals surface area contributed by atoms with Gasteiger partial charge in [-0.3, -0.25) is 9.59 Å². The van der Waals surface area contributed by atoms with Crippen LogP contribution in [-0.4, -0.2) is 11.6 Å². The Bertz CT molecular complexity index is 560. The molecule has 2 N–H and O–H groups in total. The van der Waals surface area contributed by atoms with Crippen molar-refractivity contribution in [3.05, 3.63) is 64.1 Å². The lowest BCUT2D eigenvalue weighted by Crippen LogP contribution is -2.05. The van der Waals surface area contributed by atoms with Gasteiger partial charge >= 0.3 is 0 Å². The molecule has 0 saturated carbocycles. The summed E-state index contributed by atoms with van der Waals surface area (Å²) in [5.74, 6) is -0.0724. The van der Waals surface area contributed by atoms with Crippen LogP contribution >= 0.6 is 15.9 Å². The Balaban J connectivity index is 1.94. The van der Waals surface area contributed by atoms with E-state index in [0.717, 1.165) is 4.47 Å². The standard InChI is InChI=1S/C16H14BrNO2/c17-13-5-1-11(2-6-13)15(19)9-10-16(20)12-3-7-14(18)8-4-12/h1-8H,9-10,18H2. The van der Waals surface area contributed by atoms with Crippen molar-refractivity contribution in [3.63, 3.8) is 0 Å². The molecule has 2 rings (SSSR count). The van der Waals surface area contributed by atoms with Crippen LogP contribution in [0, 0.1) is 0 Å².